The number of aliphatic hydroxyl groups is 2. The van der Waals surface area contributed by atoms with Crippen LogP contribution in [0.25, 0.3) is 0 Å². The van der Waals surface area contributed by atoms with E-state index in [1.807, 2.05) is 4.72 Å². The summed E-state index contributed by atoms with van der Waals surface area (Å²) in [5.74, 6) is -1.41. The van der Waals surface area contributed by atoms with Gasteiger partial charge < -0.3 is 15.3 Å². The van der Waals surface area contributed by atoms with Gasteiger partial charge in [-0.15, -0.1) is 0 Å². The lowest BCUT2D eigenvalue weighted by Gasteiger charge is -2.20. The Bertz CT molecular complexity index is 659. The van der Waals surface area contributed by atoms with Crippen molar-refractivity contribution in [2.24, 2.45) is 0 Å². The van der Waals surface area contributed by atoms with Crippen molar-refractivity contribution in [3.8, 4) is 0 Å². The highest BCUT2D eigenvalue weighted by molar-refractivity contribution is 7.89. The van der Waals surface area contributed by atoms with Crippen LogP contribution < -0.4 is 4.72 Å². The normalized spacial score (nSPS) is 14.7. The molecule has 21 heavy (non-hydrogen) atoms. The summed E-state index contributed by atoms with van der Waals surface area (Å²) in [7, 11) is -4.18. The molecule has 0 saturated carbocycles. The van der Waals surface area contributed by atoms with Crippen LogP contribution in [0.5, 0.6) is 0 Å². The maximum Gasteiger partial charge on any atom is 0.337 e. The smallest absolute Gasteiger partial charge is 0.337 e. The lowest BCUT2D eigenvalue weighted by Crippen LogP contribution is -2.43. The van der Waals surface area contributed by atoms with Gasteiger partial charge in [-0.3, -0.25) is 0 Å². The molecule has 0 aliphatic carbocycles. The van der Waals surface area contributed by atoms with Crippen LogP contribution in [0.2, 0.25) is 10.0 Å². The Balaban J connectivity index is 3.20. The Morgan fingerprint density at radius 2 is 1.90 bits per heavy atom. The molecule has 4 N–H and O–H groups in total. The quantitative estimate of drug-likeness (QED) is 0.594. The molecule has 0 fully saturated rings. The number of rotatable bonds is 6. The number of aromatic carboxylic acids is 1. The third-order valence-corrected chi connectivity index (χ3v) is 4.70. The van der Waals surface area contributed by atoms with Crippen molar-refractivity contribution in [2.75, 3.05) is 13.2 Å². The van der Waals surface area contributed by atoms with Gasteiger partial charge in [0.05, 0.1) is 27.8 Å². The minimum absolute atomic E-state index is 0.200. The van der Waals surface area contributed by atoms with Crippen LogP contribution in [0.3, 0.4) is 0 Å². The maximum atomic E-state index is 12.1. The summed E-state index contributed by atoms with van der Waals surface area (Å²) < 4.78 is 26.2. The largest absolute Gasteiger partial charge is 0.478 e. The average molecular weight is 358 g/mol. The molecule has 1 atom stereocenters. The van der Waals surface area contributed by atoms with Gasteiger partial charge in [0.1, 0.15) is 4.90 Å². The molecule has 0 aromatic heterocycles. The van der Waals surface area contributed by atoms with Crippen molar-refractivity contribution >= 4 is 39.2 Å². The summed E-state index contributed by atoms with van der Waals surface area (Å²) in [5, 5.41) is 26.9. The van der Waals surface area contributed by atoms with Crippen molar-refractivity contribution in [2.45, 2.75) is 17.4 Å². The fourth-order valence-corrected chi connectivity index (χ4v) is 3.30. The van der Waals surface area contributed by atoms with E-state index in [0.717, 1.165) is 12.1 Å². The van der Waals surface area contributed by atoms with Crippen LogP contribution in [0.15, 0.2) is 17.0 Å². The van der Waals surface area contributed by atoms with Gasteiger partial charge in [-0.05, 0) is 19.1 Å². The van der Waals surface area contributed by atoms with Gasteiger partial charge in [-0.2, -0.15) is 0 Å². The molecule has 0 aliphatic rings. The summed E-state index contributed by atoms with van der Waals surface area (Å²) in [6, 6.07) is 1.83. The topological polar surface area (TPSA) is 124 Å². The van der Waals surface area contributed by atoms with Gasteiger partial charge in [0.15, 0.2) is 0 Å². The predicted molar refractivity (Wildman–Crippen MR) is 76.3 cm³/mol. The first kappa shape index (κ1) is 18.1. The zero-order chi connectivity index (χ0) is 16.4. The summed E-state index contributed by atoms with van der Waals surface area (Å²) in [6.45, 7) is 0.0824. The molecular formula is C11H13Cl2NO6S. The SMILES string of the molecule is CC(O)(CO)CNS(=O)(=O)c1cc(C(=O)O)c(Cl)cc1Cl. The van der Waals surface area contributed by atoms with Gasteiger partial charge in [0.2, 0.25) is 10.0 Å². The van der Waals surface area contributed by atoms with Crippen molar-refractivity contribution in [1.82, 2.24) is 4.72 Å². The molecule has 1 unspecified atom stereocenters. The lowest BCUT2D eigenvalue weighted by molar-refractivity contribution is 0.00681. The first-order valence-corrected chi connectivity index (χ1v) is 7.79. The Hall–Kier alpha value is -0.900. The highest BCUT2D eigenvalue weighted by Crippen LogP contribution is 2.28. The summed E-state index contributed by atoms with van der Waals surface area (Å²) in [6.07, 6.45) is 0. The van der Waals surface area contributed by atoms with Crippen LogP contribution in [0, 0.1) is 0 Å². The molecule has 118 valence electrons. The molecule has 1 aromatic rings. The van der Waals surface area contributed by atoms with Crippen LogP contribution in [0.1, 0.15) is 17.3 Å². The van der Waals surface area contributed by atoms with E-state index in [9.17, 15) is 18.3 Å². The number of benzene rings is 1. The van der Waals surface area contributed by atoms with E-state index >= 15 is 0 Å². The lowest BCUT2D eigenvalue weighted by atomic mass is 10.1. The third kappa shape index (κ3) is 4.53. The number of sulfonamides is 1. The minimum atomic E-state index is -4.18. The second-order valence-electron chi connectivity index (χ2n) is 4.55. The fraction of sp³-hybridized carbons (Fsp3) is 0.364. The predicted octanol–water partition coefficient (Wildman–Crippen LogP) is 0.713. The standard InChI is InChI=1S/C11H13Cl2NO6S/c1-11(18,5-15)4-14-21(19,20)9-2-6(10(16)17)7(12)3-8(9)13/h2-3,14-15,18H,4-5H2,1H3,(H,16,17). The number of aliphatic hydroxyl groups excluding tert-OH is 1. The number of hydrogen-bond acceptors (Lipinski definition) is 5. The molecule has 7 nitrogen and oxygen atoms in total. The number of carboxylic acids is 1. The van der Waals surface area contributed by atoms with E-state index in [4.69, 9.17) is 33.4 Å². The molecule has 0 heterocycles. The van der Waals surface area contributed by atoms with E-state index in [1.54, 1.807) is 0 Å². The second kappa shape index (κ2) is 6.47. The van der Waals surface area contributed by atoms with Crippen LogP contribution in [0.4, 0.5) is 0 Å². The van der Waals surface area contributed by atoms with Crippen molar-refractivity contribution < 1.29 is 28.5 Å². The molecule has 1 rings (SSSR count). The van der Waals surface area contributed by atoms with Gasteiger partial charge in [0.25, 0.3) is 0 Å². The van der Waals surface area contributed by atoms with E-state index in [-0.39, 0.29) is 10.0 Å². The molecule has 0 bridgehead atoms. The molecule has 0 radical (unpaired) electrons. The van der Waals surface area contributed by atoms with Gasteiger partial charge in [-0.25, -0.2) is 17.9 Å². The monoisotopic (exact) mass is 357 g/mol. The third-order valence-electron chi connectivity index (χ3n) is 2.53. The van der Waals surface area contributed by atoms with Gasteiger partial charge in [0, 0.05) is 6.54 Å². The Kier molecular flexibility index (Phi) is 5.59. The van der Waals surface area contributed by atoms with Gasteiger partial charge >= 0.3 is 5.97 Å². The first-order chi connectivity index (χ1) is 9.50. The van der Waals surface area contributed by atoms with Crippen LogP contribution in [-0.2, 0) is 10.0 Å². The van der Waals surface area contributed by atoms with E-state index in [0.29, 0.717) is 0 Å². The summed E-state index contributed by atoms with van der Waals surface area (Å²) in [4.78, 5) is 10.5. The molecular weight excluding hydrogens is 345 g/mol. The average Bonchev–Trinajstić information content (AvgIpc) is 2.36. The zero-order valence-corrected chi connectivity index (χ0v) is 13.1. The van der Waals surface area contributed by atoms with Crippen LogP contribution in [-0.4, -0.2) is 48.5 Å². The van der Waals surface area contributed by atoms with Gasteiger partial charge in [-0.1, -0.05) is 23.2 Å². The maximum absolute atomic E-state index is 12.1. The van der Waals surface area contributed by atoms with Crippen LogP contribution >= 0.6 is 23.2 Å². The number of carbonyl (C=O) groups is 1. The Labute approximate surface area is 131 Å². The molecule has 0 amide bonds. The van der Waals surface area contributed by atoms with E-state index < -0.39 is 45.2 Å². The Morgan fingerprint density at radius 3 is 2.38 bits per heavy atom. The summed E-state index contributed by atoms with van der Waals surface area (Å²) >= 11 is 11.4. The van der Waals surface area contributed by atoms with Crippen molar-refractivity contribution in [3.63, 3.8) is 0 Å². The van der Waals surface area contributed by atoms with E-state index in [2.05, 4.69) is 0 Å². The highest BCUT2D eigenvalue weighted by Gasteiger charge is 2.26. The number of halogens is 2. The number of carboxylic acid groups (broad SMARTS) is 1. The molecule has 0 aliphatic heterocycles. The number of hydrogen-bond donors (Lipinski definition) is 4. The summed E-state index contributed by atoms with van der Waals surface area (Å²) in [5.41, 5.74) is -2.09. The molecule has 0 spiro atoms. The highest BCUT2D eigenvalue weighted by atomic mass is 35.5. The Morgan fingerprint density at radius 1 is 1.33 bits per heavy atom. The fourth-order valence-electron chi connectivity index (χ4n) is 1.28. The molecule has 1 aromatic carbocycles. The van der Waals surface area contributed by atoms with Crippen molar-refractivity contribution in [1.29, 1.82) is 0 Å². The van der Waals surface area contributed by atoms with Crippen molar-refractivity contribution in [3.05, 3.63) is 27.7 Å². The van der Waals surface area contributed by atoms with E-state index in [1.165, 1.54) is 6.92 Å². The zero-order valence-electron chi connectivity index (χ0n) is 10.8. The minimum Gasteiger partial charge on any atom is -0.478 e. The molecule has 10 heteroatoms. The number of nitrogens with one attached hydrogen (secondary N) is 1. The molecule has 0 saturated heterocycles. The second-order valence-corrected chi connectivity index (χ2v) is 7.10. The first-order valence-electron chi connectivity index (χ1n) is 5.55.